The Labute approximate surface area is 169 Å². The molecular formula is C19H15N3O6S. The highest BCUT2D eigenvalue weighted by molar-refractivity contribution is 7.80. The molecule has 10 heteroatoms. The van der Waals surface area contributed by atoms with Crippen molar-refractivity contribution in [2.75, 3.05) is 0 Å². The number of carboxylic acid groups (broad SMARTS) is 2. The van der Waals surface area contributed by atoms with Crippen LogP contribution in [0.25, 0.3) is 11.8 Å². The van der Waals surface area contributed by atoms with E-state index < -0.39 is 23.8 Å². The fourth-order valence-corrected chi connectivity index (χ4v) is 3.27. The van der Waals surface area contributed by atoms with E-state index in [1.54, 1.807) is 24.5 Å². The number of thiocarbonyl (C=S) groups is 1. The smallest absolute Gasteiger partial charge is 0.335 e. The lowest BCUT2D eigenvalue weighted by molar-refractivity contribution is -0.123. The van der Waals surface area contributed by atoms with Gasteiger partial charge in [0.15, 0.2) is 5.11 Å². The van der Waals surface area contributed by atoms with Crippen LogP contribution in [0.3, 0.4) is 0 Å². The number of carbonyl (C=O) groups excluding carboxylic acids is 2. The molecule has 2 aromatic rings. The Balaban J connectivity index is 2.14. The maximum atomic E-state index is 12.1. The molecule has 148 valence electrons. The zero-order chi connectivity index (χ0) is 21.5. The largest absolute Gasteiger partial charge is 0.478 e. The first kappa shape index (κ1) is 20.0. The molecule has 3 rings (SSSR count). The van der Waals surface area contributed by atoms with Crippen LogP contribution in [-0.2, 0) is 9.59 Å². The number of aromatic carboxylic acids is 2. The summed E-state index contributed by atoms with van der Waals surface area (Å²) in [7, 11) is 0. The molecule has 1 aliphatic heterocycles. The molecular weight excluding hydrogens is 398 g/mol. The van der Waals surface area contributed by atoms with Gasteiger partial charge in [-0.1, -0.05) is 0 Å². The number of aromatic nitrogens is 1. The summed E-state index contributed by atoms with van der Waals surface area (Å²) in [5.41, 5.74) is 1.62. The maximum Gasteiger partial charge on any atom is 0.335 e. The van der Waals surface area contributed by atoms with Crippen LogP contribution in [0.5, 0.6) is 0 Å². The number of carbonyl (C=O) groups is 4. The van der Waals surface area contributed by atoms with E-state index in [1.807, 2.05) is 0 Å². The number of nitrogens with one attached hydrogen (secondary N) is 2. The lowest BCUT2D eigenvalue weighted by Crippen LogP contribution is -2.51. The number of benzene rings is 1. The second-order valence-electron chi connectivity index (χ2n) is 6.34. The van der Waals surface area contributed by atoms with Crippen LogP contribution in [-0.4, -0.2) is 43.6 Å². The molecule has 0 aliphatic carbocycles. The highest BCUT2D eigenvalue weighted by atomic mass is 32.1. The van der Waals surface area contributed by atoms with Gasteiger partial charge in [0.25, 0.3) is 11.8 Å². The third-order valence-electron chi connectivity index (χ3n) is 4.38. The van der Waals surface area contributed by atoms with Gasteiger partial charge in [-0.25, -0.2) is 9.59 Å². The quantitative estimate of drug-likeness (QED) is 0.338. The van der Waals surface area contributed by atoms with Crippen molar-refractivity contribution < 1.29 is 29.4 Å². The van der Waals surface area contributed by atoms with Crippen molar-refractivity contribution in [2.45, 2.75) is 13.8 Å². The molecule has 29 heavy (non-hydrogen) atoms. The molecule has 0 unspecified atom stereocenters. The van der Waals surface area contributed by atoms with Gasteiger partial charge in [0.2, 0.25) is 0 Å². The second kappa shape index (κ2) is 7.32. The van der Waals surface area contributed by atoms with Crippen molar-refractivity contribution in [2.24, 2.45) is 0 Å². The first-order valence-electron chi connectivity index (χ1n) is 8.28. The summed E-state index contributed by atoms with van der Waals surface area (Å²) >= 11 is 4.77. The number of nitrogens with zero attached hydrogens (tertiary/aromatic N) is 1. The number of aryl methyl sites for hydroxylation is 1. The van der Waals surface area contributed by atoms with E-state index in [4.69, 9.17) is 12.2 Å². The van der Waals surface area contributed by atoms with Gasteiger partial charge in [-0.3, -0.25) is 20.2 Å². The molecule has 2 heterocycles. The number of hydrogen-bond acceptors (Lipinski definition) is 5. The predicted octanol–water partition coefficient (Wildman–Crippen LogP) is 1.40. The minimum atomic E-state index is -1.26. The lowest BCUT2D eigenvalue weighted by atomic mass is 10.1. The van der Waals surface area contributed by atoms with Gasteiger partial charge in [0, 0.05) is 17.1 Å². The average Bonchev–Trinajstić information content (AvgIpc) is 2.91. The highest BCUT2D eigenvalue weighted by Gasteiger charge is 2.26. The SMILES string of the molecule is Cc1cc(C=C2C(=O)NC(=S)NC2=O)c(C)n1-c1cc(C(=O)O)cc(C(=O)O)c1. The van der Waals surface area contributed by atoms with Gasteiger partial charge in [-0.05, 0) is 62.0 Å². The molecule has 1 aromatic heterocycles. The molecule has 1 fully saturated rings. The topological polar surface area (TPSA) is 138 Å². The Hall–Kier alpha value is -3.79. The summed E-state index contributed by atoms with van der Waals surface area (Å²) in [4.78, 5) is 46.9. The minimum Gasteiger partial charge on any atom is -0.478 e. The molecule has 1 aromatic carbocycles. The number of amides is 2. The van der Waals surface area contributed by atoms with Crippen molar-refractivity contribution in [1.29, 1.82) is 0 Å². The van der Waals surface area contributed by atoms with Gasteiger partial charge in [-0.15, -0.1) is 0 Å². The molecule has 0 spiro atoms. The van der Waals surface area contributed by atoms with Crippen molar-refractivity contribution >= 4 is 47.2 Å². The average molecular weight is 413 g/mol. The summed E-state index contributed by atoms with van der Waals surface area (Å²) in [6.45, 7) is 3.44. The van der Waals surface area contributed by atoms with Crippen LogP contribution < -0.4 is 10.6 Å². The fraction of sp³-hybridized carbons (Fsp3) is 0.105. The zero-order valence-corrected chi connectivity index (χ0v) is 16.1. The van der Waals surface area contributed by atoms with Crippen LogP contribution in [0.1, 0.15) is 37.7 Å². The van der Waals surface area contributed by atoms with Gasteiger partial charge in [0.05, 0.1) is 11.1 Å². The van der Waals surface area contributed by atoms with Gasteiger partial charge >= 0.3 is 11.9 Å². The zero-order valence-electron chi connectivity index (χ0n) is 15.3. The van der Waals surface area contributed by atoms with Gasteiger partial charge in [0.1, 0.15) is 5.57 Å². The Kier molecular flexibility index (Phi) is 5.04. The van der Waals surface area contributed by atoms with E-state index >= 15 is 0 Å². The van der Waals surface area contributed by atoms with E-state index in [2.05, 4.69) is 10.6 Å². The molecule has 0 atom stereocenters. The molecule has 0 bridgehead atoms. The number of carboxylic acids is 2. The van der Waals surface area contributed by atoms with E-state index in [9.17, 15) is 29.4 Å². The lowest BCUT2D eigenvalue weighted by Gasteiger charge is -2.16. The number of hydrogen-bond donors (Lipinski definition) is 4. The van der Waals surface area contributed by atoms with Crippen molar-refractivity contribution in [3.05, 3.63) is 57.9 Å². The second-order valence-corrected chi connectivity index (χ2v) is 6.74. The monoisotopic (exact) mass is 413 g/mol. The predicted molar refractivity (Wildman–Crippen MR) is 106 cm³/mol. The molecule has 2 amide bonds. The summed E-state index contributed by atoms with van der Waals surface area (Å²) in [5, 5.41) is 23.2. The first-order chi connectivity index (χ1) is 13.6. The summed E-state index contributed by atoms with van der Waals surface area (Å²) < 4.78 is 1.65. The van der Waals surface area contributed by atoms with E-state index in [0.717, 1.165) is 6.07 Å². The van der Waals surface area contributed by atoms with Crippen LogP contribution >= 0.6 is 12.2 Å². The third-order valence-corrected chi connectivity index (χ3v) is 4.59. The van der Waals surface area contributed by atoms with Gasteiger partial charge in [-0.2, -0.15) is 0 Å². The molecule has 1 aliphatic rings. The standard InChI is InChI=1S/C19H15N3O6S/c1-8-3-10(7-14-15(23)20-19(29)21-16(14)24)9(2)22(8)13-5-11(17(25)26)4-12(6-13)18(27)28/h3-7H,1-2H3,(H,25,26)(H,27,28)(H2,20,21,23,24,29). The van der Waals surface area contributed by atoms with Crippen molar-refractivity contribution in [3.8, 4) is 5.69 Å². The van der Waals surface area contributed by atoms with Crippen LogP contribution in [0.15, 0.2) is 29.8 Å². The highest BCUT2D eigenvalue weighted by Crippen LogP contribution is 2.25. The van der Waals surface area contributed by atoms with E-state index in [-0.39, 0.29) is 21.8 Å². The van der Waals surface area contributed by atoms with Gasteiger partial charge < -0.3 is 14.8 Å². The molecule has 1 saturated heterocycles. The minimum absolute atomic E-state index is 0.0747. The van der Waals surface area contributed by atoms with Crippen molar-refractivity contribution in [1.82, 2.24) is 15.2 Å². The Morgan fingerprint density at radius 1 is 0.966 bits per heavy atom. The van der Waals surface area contributed by atoms with Crippen molar-refractivity contribution in [3.63, 3.8) is 0 Å². The maximum absolute atomic E-state index is 12.1. The first-order valence-corrected chi connectivity index (χ1v) is 8.68. The summed E-state index contributed by atoms with van der Waals surface area (Å²) in [5.74, 6) is -3.79. The van der Waals surface area contributed by atoms with E-state index in [0.29, 0.717) is 22.6 Å². The number of rotatable bonds is 4. The summed E-state index contributed by atoms with van der Waals surface area (Å²) in [6, 6.07) is 5.48. The van der Waals surface area contributed by atoms with Crippen LogP contribution in [0, 0.1) is 13.8 Å². The Bertz CT molecular complexity index is 1090. The summed E-state index contributed by atoms with van der Waals surface area (Å²) in [6.07, 6.45) is 1.39. The normalized spacial score (nSPS) is 13.7. The van der Waals surface area contributed by atoms with Crippen LogP contribution in [0.4, 0.5) is 0 Å². The molecule has 0 saturated carbocycles. The Morgan fingerprint density at radius 2 is 1.48 bits per heavy atom. The molecule has 4 N–H and O–H groups in total. The molecule has 0 radical (unpaired) electrons. The molecule has 9 nitrogen and oxygen atoms in total. The van der Waals surface area contributed by atoms with Crippen LogP contribution in [0.2, 0.25) is 0 Å². The Morgan fingerprint density at radius 3 is 1.97 bits per heavy atom. The van der Waals surface area contributed by atoms with E-state index in [1.165, 1.54) is 18.2 Å². The third kappa shape index (κ3) is 3.78. The fourth-order valence-electron chi connectivity index (χ4n) is 3.08.